The van der Waals surface area contributed by atoms with Crippen molar-refractivity contribution in [3.05, 3.63) is 97.2 Å². The third kappa shape index (κ3) is 41.5. The zero-order valence-corrected chi connectivity index (χ0v) is 38.8. The molecular formula is C54H91NO5. The first-order valence-corrected chi connectivity index (χ1v) is 24.5. The van der Waals surface area contributed by atoms with Gasteiger partial charge in [0.25, 0.3) is 0 Å². The molecule has 0 aromatic rings. The number of aliphatic hydroxyl groups excluding tert-OH is 2. The Labute approximate surface area is 369 Å². The fourth-order valence-corrected chi connectivity index (χ4v) is 6.79. The fourth-order valence-electron chi connectivity index (χ4n) is 6.79. The zero-order chi connectivity index (χ0) is 43.8. The van der Waals surface area contributed by atoms with E-state index in [0.717, 1.165) is 103 Å². The van der Waals surface area contributed by atoms with Gasteiger partial charge in [0.15, 0.2) is 0 Å². The molecule has 0 radical (unpaired) electrons. The minimum absolute atomic E-state index is 0.0273. The maximum absolute atomic E-state index is 13.2. The second-order valence-corrected chi connectivity index (χ2v) is 16.1. The molecule has 6 heteroatoms. The number of hydrogen-bond donors (Lipinski definition) is 3. The number of amides is 1. The normalized spacial score (nSPS) is 14.2. The lowest BCUT2D eigenvalue weighted by Gasteiger charge is -2.24. The molecule has 6 nitrogen and oxygen atoms in total. The van der Waals surface area contributed by atoms with Crippen LogP contribution >= 0.6 is 0 Å². The molecule has 60 heavy (non-hydrogen) atoms. The van der Waals surface area contributed by atoms with Crippen LogP contribution in [-0.4, -0.2) is 46.9 Å². The van der Waals surface area contributed by atoms with Crippen molar-refractivity contribution in [2.45, 2.75) is 225 Å². The number of carbonyl (C=O) groups is 2. The molecule has 0 aromatic carbocycles. The number of hydrogen-bond acceptors (Lipinski definition) is 5. The number of unbranched alkanes of at least 4 members (excludes halogenated alkanes) is 14. The number of ether oxygens (including phenoxy) is 1. The highest BCUT2D eigenvalue weighted by atomic mass is 16.5. The average molecular weight is 834 g/mol. The molecule has 342 valence electrons. The lowest BCUT2D eigenvalue weighted by Crippen LogP contribution is -2.46. The van der Waals surface area contributed by atoms with Gasteiger partial charge >= 0.3 is 5.97 Å². The van der Waals surface area contributed by atoms with Crippen LogP contribution in [0.1, 0.15) is 207 Å². The van der Waals surface area contributed by atoms with Gasteiger partial charge in [-0.05, 0) is 89.9 Å². The van der Waals surface area contributed by atoms with Crippen LogP contribution in [0.5, 0.6) is 0 Å². The molecule has 1 amide bonds. The van der Waals surface area contributed by atoms with Crippen molar-refractivity contribution in [3.63, 3.8) is 0 Å². The summed E-state index contributed by atoms with van der Waals surface area (Å²) >= 11 is 0. The molecule has 0 aliphatic carbocycles. The molecule has 0 saturated heterocycles. The SMILES string of the molecule is CC/C=C/C/C=C/C/C=C/C/C=C/C/C=C/CCC(=O)OC(CCCCCC/C=C/C/C=C/C/C=C/CC)CC(=O)NC(CO)C(O)CCCCCCCCCCCCC. The van der Waals surface area contributed by atoms with Gasteiger partial charge in [-0.25, -0.2) is 0 Å². The number of carbonyl (C=O) groups excluding carboxylic acids is 2. The maximum Gasteiger partial charge on any atom is 0.306 e. The summed E-state index contributed by atoms with van der Waals surface area (Å²) in [6, 6.07) is -0.728. The van der Waals surface area contributed by atoms with Gasteiger partial charge in [0.2, 0.25) is 5.91 Å². The Bertz CT molecular complexity index is 1210. The lowest BCUT2D eigenvalue weighted by atomic mass is 10.0. The van der Waals surface area contributed by atoms with Crippen molar-refractivity contribution in [3.8, 4) is 0 Å². The smallest absolute Gasteiger partial charge is 0.306 e. The highest BCUT2D eigenvalue weighted by Gasteiger charge is 2.24. The summed E-state index contributed by atoms with van der Waals surface area (Å²) in [4.78, 5) is 26.1. The standard InChI is InChI=1S/C54H91NO5/c1-4-7-10-13-16-19-22-24-26-27-29-32-35-38-41-44-47-54(59)60-50(45-42-39-36-33-31-28-25-23-20-17-14-11-8-5-2)48-53(58)55-51(49-56)52(57)46-43-40-37-34-30-21-18-15-12-9-6-3/h7-8,10-11,16-17,19-20,24-26,28-29,32,38,41,50-52,56-57H,4-6,9,12-15,18,21-23,27,30-31,33-37,39-40,42-49H2,1-3H3,(H,55,58)/b10-7+,11-8+,19-16+,20-17+,26-24+,28-25+,32-29+,41-38+. The Balaban J connectivity index is 4.77. The Hall–Kier alpha value is -3.22. The van der Waals surface area contributed by atoms with Crippen molar-refractivity contribution in [1.29, 1.82) is 0 Å². The molecular weight excluding hydrogens is 743 g/mol. The molecule has 3 atom stereocenters. The first-order valence-electron chi connectivity index (χ1n) is 24.5. The summed E-state index contributed by atoms with van der Waals surface area (Å²) in [7, 11) is 0. The maximum atomic E-state index is 13.2. The first kappa shape index (κ1) is 56.8. The van der Waals surface area contributed by atoms with Gasteiger partial charge in [0.1, 0.15) is 6.10 Å². The van der Waals surface area contributed by atoms with Gasteiger partial charge in [0.05, 0.1) is 25.2 Å². The second-order valence-electron chi connectivity index (χ2n) is 16.1. The molecule has 0 rings (SSSR count). The molecule has 3 N–H and O–H groups in total. The quantitative estimate of drug-likeness (QED) is 0.0323. The molecule has 0 heterocycles. The Morgan fingerprint density at radius 3 is 1.37 bits per heavy atom. The van der Waals surface area contributed by atoms with Crippen LogP contribution in [0.15, 0.2) is 97.2 Å². The summed E-state index contributed by atoms with van der Waals surface area (Å²) < 4.78 is 5.87. The average Bonchev–Trinajstić information content (AvgIpc) is 3.24. The minimum Gasteiger partial charge on any atom is -0.462 e. The summed E-state index contributed by atoms with van der Waals surface area (Å²) in [5.74, 6) is -0.604. The van der Waals surface area contributed by atoms with Crippen LogP contribution in [0.2, 0.25) is 0 Å². The Morgan fingerprint density at radius 2 is 0.900 bits per heavy atom. The van der Waals surface area contributed by atoms with E-state index in [1.54, 1.807) is 0 Å². The van der Waals surface area contributed by atoms with E-state index >= 15 is 0 Å². The third-order valence-corrected chi connectivity index (χ3v) is 10.4. The van der Waals surface area contributed by atoms with Gasteiger partial charge in [-0.1, -0.05) is 201 Å². The highest BCUT2D eigenvalue weighted by molar-refractivity contribution is 5.77. The van der Waals surface area contributed by atoms with E-state index in [-0.39, 0.29) is 31.3 Å². The second kappa shape index (κ2) is 46.8. The molecule has 3 unspecified atom stereocenters. The highest BCUT2D eigenvalue weighted by Crippen LogP contribution is 2.16. The predicted octanol–water partition coefficient (Wildman–Crippen LogP) is 14.6. The summed E-state index contributed by atoms with van der Waals surface area (Å²) in [5.41, 5.74) is 0. The van der Waals surface area contributed by atoms with Crippen LogP contribution in [0, 0.1) is 0 Å². The monoisotopic (exact) mass is 834 g/mol. The minimum atomic E-state index is -0.810. The molecule has 0 fully saturated rings. The van der Waals surface area contributed by atoms with Crippen LogP contribution in [-0.2, 0) is 14.3 Å². The molecule has 0 saturated carbocycles. The number of esters is 1. The van der Waals surface area contributed by atoms with E-state index in [1.165, 1.54) is 51.4 Å². The Morgan fingerprint density at radius 1 is 0.500 bits per heavy atom. The molecule has 0 aliphatic heterocycles. The lowest BCUT2D eigenvalue weighted by molar-refractivity contribution is -0.150. The van der Waals surface area contributed by atoms with Crippen LogP contribution in [0.25, 0.3) is 0 Å². The van der Waals surface area contributed by atoms with Crippen LogP contribution in [0.3, 0.4) is 0 Å². The summed E-state index contributed by atoms with van der Waals surface area (Å²) in [6.07, 6.45) is 61.9. The van der Waals surface area contributed by atoms with Crippen LogP contribution in [0.4, 0.5) is 0 Å². The molecule has 0 bridgehead atoms. The van der Waals surface area contributed by atoms with E-state index in [4.69, 9.17) is 4.74 Å². The van der Waals surface area contributed by atoms with Crippen molar-refractivity contribution >= 4 is 11.9 Å². The van der Waals surface area contributed by atoms with Gasteiger partial charge in [-0.2, -0.15) is 0 Å². The number of aliphatic hydroxyl groups is 2. The molecule has 0 aromatic heterocycles. The van der Waals surface area contributed by atoms with Gasteiger partial charge in [0, 0.05) is 6.42 Å². The van der Waals surface area contributed by atoms with Gasteiger partial charge in [-0.3, -0.25) is 9.59 Å². The third-order valence-electron chi connectivity index (χ3n) is 10.4. The van der Waals surface area contributed by atoms with E-state index < -0.39 is 18.2 Å². The van der Waals surface area contributed by atoms with E-state index in [9.17, 15) is 19.8 Å². The number of allylic oxidation sites excluding steroid dienone is 16. The molecule has 0 aliphatic rings. The van der Waals surface area contributed by atoms with Crippen molar-refractivity contribution in [2.75, 3.05) is 6.61 Å². The van der Waals surface area contributed by atoms with E-state index in [1.807, 2.05) is 6.08 Å². The van der Waals surface area contributed by atoms with Gasteiger partial charge < -0.3 is 20.3 Å². The topological polar surface area (TPSA) is 95.9 Å². The largest absolute Gasteiger partial charge is 0.462 e. The summed E-state index contributed by atoms with van der Waals surface area (Å²) in [6.45, 7) is 6.21. The zero-order valence-electron chi connectivity index (χ0n) is 38.8. The molecule has 0 spiro atoms. The number of nitrogens with one attached hydrogen (secondary N) is 1. The summed E-state index contributed by atoms with van der Waals surface area (Å²) in [5, 5.41) is 23.7. The first-order chi connectivity index (χ1) is 29.5. The van der Waals surface area contributed by atoms with Crippen molar-refractivity contribution in [2.24, 2.45) is 0 Å². The van der Waals surface area contributed by atoms with Crippen LogP contribution < -0.4 is 5.32 Å². The van der Waals surface area contributed by atoms with Crippen molar-refractivity contribution < 1.29 is 24.5 Å². The van der Waals surface area contributed by atoms with Crippen molar-refractivity contribution in [1.82, 2.24) is 5.32 Å². The Kier molecular flexibility index (Phi) is 44.3. The predicted molar refractivity (Wildman–Crippen MR) is 259 cm³/mol. The van der Waals surface area contributed by atoms with Gasteiger partial charge in [-0.15, -0.1) is 0 Å². The number of rotatable bonds is 42. The van der Waals surface area contributed by atoms with E-state index in [0.29, 0.717) is 19.3 Å². The van der Waals surface area contributed by atoms with E-state index in [2.05, 4.69) is 117 Å². The fraction of sp³-hybridized carbons (Fsp3) is 0.667.